The lowest BCUT2D eigenvalue weighted by atomic mass is 9.42. The average Bonchev–Trinajstić information content (AvgIpc) is 3.02. The Morgan fingerprint density at radius 1 is 1.03 bits per heavy atom. The number of hydrogen-bond donors (Lipinski definition) is 4. The molecule has 4 rings (SSSR count). The fourth-order valence-electron chi connectivity index (χ4n) is 9.49. The molecule has 0 aromatic carbocycles. The van der Waals surface area contributed by atoms with E-state index in [1.165, 1.54) is 0 Å². The predicted molar refractivity (Wildman–Crippen MR) is 138 cm³/mol. The third-order valence-corrected chi connectivity index (χ3v) is 11.9. The van der Waals surface area contributed by atoms with E-state index in [9.17, 15) is 34.8 Å². The number of rotatable bonds is 7. The molecule has 0 heterocycles. The molecular weight excluding hydrogens is 472 g/mol. The minimum atomic E-state index is -0.981. The molecule has 4 aliphatic rings. The van der Waals surface area contributed by atoms with Crippen molar-refractivity contribution in [2.45, 2.75) is 105 Å². The van der Waals surface area contributed by atoms with Gasteiger partial charge in [-0.3, -0.25) is 14.4 Å². The second-order valence-electron chi connectivity index (χ2n) is 13.8. The number of aliphatic carboxylic acids is 1. The highest BCUT2D eigenvalue weighted by Gasteiger charge is 2.68. The number of fused-ring (bicyclic) bond motifs is 4. The zero-order chi connectivity index (χ0) is 27.7. The van der Waals surface area contributed by atoms with E-state index in [-0.39, 0.29) is 48.8 Å². The Balaban J connectivity index is 1.70. The third-order valence-electron chi connectivity index (χ3n) is 11.9. The van der Waals surface area contributed by atoms with Gasteiger partial charge >= 0.3 is 5.97 Å². The molecule has 0 spiro atoms. The number of carbonyl (C=O) groups excluding carboxylic acids is 2. The van der Waals surface area contributed by atoms with Gasteiger partial charge in [-0.05, 0) is 60.7 Å². The number of hydrogen-bond acceptors (Lipinski definition) is 6. The predicted octanol–water partition coefficient (Wildman–Crippen LogP) is 3.92. The van der Waals surface area contributed by atoms with E-state index in [4.69, 9.17) is 0 Å². The first-order valence-electron chi connectivity index (χ1n) is 14.1. The second-order valence-corrected chi connectivity index (χ2v) is 13.8. The lowest BCUT2D eigenvalue weighted by Crippen LogP contribution is -2.59. The van der Waals surface area contributed by atoms with Crippen LogP contribution in [0.5, 0.6) is 0 Å². The summed E-state index contributed by atoms with van der Waals surface area (Å²) in [5, 5.41) is 41.9. The van der Waals surface area contributed by atoms with Crippen LogP contribution in [0.25, 0.3) is 0 Å². The van der Waals surface area contributed by atoms with Crippen molar-refractivity contribution in [2.24, 2.45) is 45.3 Å². The van der Waals surface area contributed by atoms with Gasteiger partial charge in [-0.15, -0.1) is 0 Å². The van der Waals surface area contributed by atoms with Gasteiger partial charge in [0.15, 0.2) is 5.78 Å². The summed E-state index contributed by atoms with van der Waals surface area (Å²) in [4.78, 5) is 38.0. The van der Waals surface area contributed by atoms with Crippen molar-refractivity contribution in [1.82, 2.24) is 0 Å². The smallest absolute Gasteiger partial charge is 0.306 e. The van der Waals surface area contributed by atoms with E-state index in [1.54, 1.807) is 6.92 Å². The lowest BCUT2D eigenvalue weighted by Gasteiger charge is -2.61. The Morgan fingerprint density at radius 2 is 1.68 bits per heavy atom. The molecule has 0 bridgehead atoms. The molecule has 0 aliphatic heterocycles. The van der Waals surface area contributed by atoms with Crippen LogP contribution in [-0.4, -0.2) is 56.8 Å². The van der Waals surface area contributed by atoms with E-state index in [2.05, 4.69) is 20.8 Å². The fourth-order valence-corrected chi connectivity index (χ4v) is 9.49. The van der Waals surface area contributed by atoms with Crippen LogP contribution >= 0.6 is 0 Å². The highest BCUT2D eigenvalue weighted by atomic mass is 16.4. The first-order valence-corrected chi connectivity index (χ1v) is 14.1. The van der Waals surface area contributed by atoms with E-state index in [0.29, 0.717) is 32.1 Å². The standard InChI is InChI=1S/C30H46O7/c1-16(11-18(32)12-17(2)26(36)37)20-13-24(35)30(6)19-7-8-22-27(3,10-9-23(34)28(22,4)15-31)25(19)21(33)14-29(20,30)5/h16-17,20,22-24,31,34-35H,7-15H2,1-6H3,(H,36,37). The molecule has 2 saturated carbocycles. The zero-order valence-corrected chi connectivity index (χ0v) is 23.3. The van der Waals surface area contributed by atoms with Crippen LogP contribution in [0.15, 0.2) is 11.1 Å². The SMILES string of the molecule is CC(CC(=O)CC(C)C1CC(O)C2(C)C3=C(C(=O)CC12C)C1(C)CCC(O)C(C)(CO)C1CC3)C(=O)O. The molecule has 10 atom stereocenters. The average molecular weight is 519 g/mol. The highest BCUT2D eigenvalue weighted by Crippen LogP contribution is 2.71. The second kappa shape index (κ2) is 9.27. The van der Waals surface area contributed by atoms with Gasteiger partial charge in [0.1, 0.15) is 5.78 Å². The lowest BCUT2D eigenvalue weighted by molar-refractivity contribution is -0.144. The first-order chi connectivity index (χ1) is 17.1. The number of carboxylic acid groups (broad SMARTS) is 1. The molecule has 4 N–H and O–H groups in total. The number of Topliss-reactive ketones (excluding diaryl/α,β-unsaturated/α-hetero) is 2. The van der Waals surface area contributed by atoms with Crippen molar-refractivity contribution in [3.05, 3.63) is 11.1 Å². The summed E-state index contributed by atoms with van der Waals surface area (Å²) in [6, 6.07) is 0. The normalized spacial score (nSPS) is 45.1. The molecule has 0 amide bonds. The minimum absolute atomic E-state index is 0.00756. The number of carbonyl (C=O) groups is 3. The van der Waals surface area contributed by atoms with Gasteiger partial charge in [-0.2, -0.15) is 0 Å². The number of ketones is 2. The molecule has 0 saturated heterocycles. The molecule has 2 fully saturated rings. The van der Waals surface area contributed by atoms with Crippen molar-refractivity contribution in [2.75, 3.05) is 6.61 Å². The van der Waals surface area contributed by atoms with Gasteiger partial charge in [-0.25, -0.2) is 0 Å². The molecule has 10 unspecified atom stereocenters. The summed E-state index contributed by atoms with van der Waals surface area (Å²) in [5.74, 6) is -1.84. The van der Waals surface area contributed by atoms with Gasteiger partial charge in [0.2, 0.25) is 0 Å². The van der Waals surface area contributed by atoms with Crippen LogP contribution in [0, 0.1) is 45.3 Å². The summed E-state index contributed by atoms with van der Waals surface area (Å²) in [6.07, 6.45) is 2.40. The molecule has 0 aromatic heterocycles. The number of aliphatic hydroxyl groups excluding tert-OH is 3. The van der Waals surface area contributed by atoms with Crippen LogP contribution in [0.1, 0.15) is 92.9 Å². The van der Waals surface area contributed by atoms with Crippen molar-refractivity contribution in [1.29, 1.82) is 0 Å². The Kier molecular flexibility index (Phi) is 7.12. The van der Waals surface area contributed by atoms with Crippen molar-refractivity contribution < 1.29 is 34.8 Å². The molecule has 0 radical (unpaired) electrons. The quantitative estimate of drug-likeness (QED) is 0.401. The molecule has 4 aliphatic carbocycles. The van der Waals surface area contributed by atoms with E-state index >= 15 is 0 Å². The summed E-state index contributed by atoms with van der Waals surface area (Å²) in [7, 11) is 0. The largest absolute Gasteiger partial charge is 0.481 e. The van der Waals surface area contributed by atoms with Crippen LogP contribution in [-0.2, 0) is 14.4 Å². The fraction of sp³-hybridized carbons (Fsp3) is 0.833. The Morgan fingerprint density at radius 3 is 2.27 bits per heavy atom. The number of allylic oxidation sites excluding steroid dienone is 1. The van der Waals surface area contributed by atoms with E-state index in [0.717, 1.165) is 17.6 Å². The van der Waals surface area contributed by atoms with Crippen LogP contribution < -0.4 is 0 Å². The topological polar surface area (TPSA) is 132 Å². The van der Waals surface area contributed by atoms with E-state index in [1.807, 2.05) is 13.8 Å². The van der Waals surface area contributed by atoms with Crippen LogP contribution in [0.2, 0.25) is 0 Å². The minimum Gasteiger partial charge on any atom is -0.481 e. The van der Waals surface area contributed by atoms with Crippen molar-refractivity contribution in [3.63, 3.8) is 0 Å². The number of carboxylic acids is 1. The maximum atomic E-state index is 14.1. The third kappa shape index (κ3) is 3.89. The molecule has 7 heteroatoms. The molecule has 0 aromatic rings. The van der Waals surface area contributed by atoms with E-state index < -0.39 is 45.8 Å². The van der Waals surface area contributed by atoms with Crippen LogP contribution in [0.4, 0.5) is 0 Å². The maximum Gasteiger partial charge on any atom is 0.306 e. The van der Waals surface area contributed by atoms with Gasteiger partial charge in [-0.1, -0.05) is 47.1 Å². The summed E-state index contributed by atoms with van der Waals surface area (Å²) < 4.78 is 0. The first kappa shape index (κ1) is 28.4. The molecule has 37 heavy (non-hydrogen) atoms. The number of aliphatic hydroxyl groups is 3. The van der Waals surface area contributed by atoms with Crippen LogP contribution in [0.3, 0.4) is 0 Å². The maximum absolute atomic E-state index is 14.1. The Labute approximate surface area is 220 Å². The monoisotopic (exact) mass is 518 g/mol. The Bertz CT molecular complexity index is 1020. The molecule has 7 nitrogen and oxygen atoms in total. The van der Waals surface area contributed by atoms with Gasteiger partial charge < -0.3 is 20.4 Å². The summed E-state index contributed by atoms with van der Waals surface area (Å²) in [5.41, 5.74) is -0.377. The van der Waals surface area contributed by atoms with Crippen molar-refractivity contribution in [3.8, 4) is 0 Å². The molecular formula is C30H46O7. The zero-order valence-electron chi connectivity index (χ0n) is 23.3. The summed E-state index contributed by atoms with van der Waals surface area (Å²) in [6.45, 7) is 11.7. The van der Waals surface area contributed by atoms with Gasteiger partial charge in [0.25, 0.3) is 0 Å². The molecule has 208 valence electrons. The van der Waals surface area contributed by atoms with Crippen molar-refractivity contribution >= 4 is 17.5 Å². The highest BCUT2D eigenvalue weighted by molar-refractivity contribution is 6.00. The Hall–Kier alpha value is -1.57. The summed E-state index contributed by atoms with van der Waals surface area (Å²) >= 11 is 0. The van der Waals surface area contributed by atoms with Gasteiger partial charge in [0, 0.05) is 35.7 Å². The van der Waals surface area contributed by atoms with Gasteiger partial charge in [0.05, 0.1) is 24.7 Å².